The van der Waals surface area contributed by atoms with E-state index >= 15 is 0 Å². The Labute approximate surface area is 97.1 Å². The molecule has 1 unspecified atom stereocenters. The summed E-state index contributed by atoms with van der Waals surface area (Å²) in [6.45, 7) is 0.965. The minimum absolute atomic E-state index is 0.602. The molecule has 1 aliphatic carbocycles. The lowest BCUT2D eigenvalue weighted by atomic mass is 9.88. The maximum Gasteiger partial charge on any atom is 0.0968 e. The van der Waals surface area contributed by atoms with Crippen LogP contribution in [0.15, 0.2) is 4.99 Å². The van der Waals surface area contributed by atoms with Crippen LogP contribution in [0.3, 0.4) is 0 Å². The first-order valence-electron chi connectivity index (χ1n) is 6.27. The average Bonchev–Trinajstić information content (AvgIpc) is 2.80. The quantitative estimate of drug-likeness (QED) is 0.593. The van der Waals surface area contributed by atoms with E-state index in [9.17, 15) is 0 Å². The largest absolute Gasteiger partial charge is 0.387 e. The minimum Gasteiger partial charge on any atom is -0.387 e. The second-order valence-corrected chi connectivity index (χ2v) is 6.14. The topological polar surface area (TPSA) is 38.4 Å². The fourth-order valence-corrected chi connectivity index (χ4v) is 3.70. The molecule has 2 N–H and O–H groups in total. The molecule has 0 bridgehead atoms. The normalized spacial score (nSPS) is 29.6. The van der Waals surface area contributed by atoms with Gasteiger partial charge in [0.15, 0.2) is 0 Å². The molecule has 0 aromatic heterocycles. The van der Waals surface area contributed by atoms with Crippen molar-refractivity contribution in [3.05, 3.63) is 0 Å². The van der Waals surface area contributed by atoms with Crippen LogP contribution in [0.5, 0.6) is 0 Å². The fourth-order valence-electron chi connectivity index (χ4n) is 2.52. The van der Waals surface area contributed by atoms with Crippen molar-refractivity contribution in [2.75, 3.05) is 12.3 Å². The molecule has 1 aliphatic heterocycles. The summed E-state index contributed by atoms with van der Waals surface area (Å²) in [6.07, 6.45) is 9.33. The molecule has 0 aromatic rings. The number of thioether (sulfide) groups is 1. The minimum atomic E-state index is 0.602. The molecular weight excluding hydrogens is 204 g/mol. The van der Waals surface area contributed by atoms with Gasteiger partial charge in [0.05, 0.1) is 12.4 Å². The van der Waals surface area contributed by atoms with Gasteiger partial charge in [0.1, 0.15) is 0 Å². The number of aliphatic imine (C=N–C) groups is 1. The number of nitrogens with two attached hydrogens (primary N) is 1. The van der Waals surface area contributed by atoms with Crippen molar-refractivity contribution >= 4 is 17.6 Å². The second kappa shape index (κ2) is 5.78. The molecule has 1 saturated carbocycles. The molecule has 86 valence electrons. The highest BCUT2D eigenvalue weighted by atomic mass is 32.2. The Kier molecular flexibility index (Phi) is 4.36. The molecule has 0 spiro atoms. The summed E-state index contributed by atoms with van der Waals surface area (Å²) in [5.41, 5.74) is 6.07. The summed E-state index contributed by atoms with van der Waals surface area (Å²) in [7, 11) is 0. The van der Waals surface area contributed by atoms with Crippen LogP contribution in [0.2, 0.25) is 0 Å². The van der Waals surface area contributed by atoms with Gasteiger partial charge in [0.25, 0.3) is 0 Å². The van der Waals surface area contributed by atoms with Crippen molar-refractivity contribution in [2.45, 2.75) is 50.2 Å². The van der Waals surface area contributed by atoms with E-state index in [-0.39, 0.29) is 0 Å². The summed E-state index contributed by atoms with van der Waals surface area (Å²) in [5.74, 6) is 2.87. The van der Waals surface area contributed by atoms with Gasteiger partial charge in [-0.1, -0.05) is 19.3 Å². The van der Waals surface area contributed by atoms with Crippen LogP contribution in [0.25, 0.3) is 0 Å². The van der Waals surface area contributed by atoms with Gasteiger partial charge in [-0.15, -0.1) is 0 Å². The molecule has 0 radical (unpaired) electrons. The van der Waals surface area contributed by atoms with Crippen molar-refractivity contribution in [3.63, 3.8) is 0 Å². The third-order valence-corrected chi connectivity index (χ3v) is 4.91. The SMILES string of the molecule is NC(=NCC1CCCS1)C1CCCCC1. The van der Waals surface area contributed by atoms with Crippen LogP contribution in [0, 0.1) is 5.92 Å². The smallest absolute Gasteiger partial charge is 0.0968 e. The summed E-state index contributed by atoms with van der Waals surface area (Å²) in [5, 5.41) is 0.757. The van der Waals surface area contributed by atoms with E-state index in [4.69, 9.17) is 5.73 Å². The second-order valence-electron chi connectivity index (χ2n) is 4.74. The number of nitrogens with zero attached hydrogens (tertiary/aromatic N) is 1. The highest BCUT2D eigenvalue weighted by molar-refractivity contribution is 8.00. The zero-order valence-electron chi connectivity index (χ0n) is 9.45. The van der Waals surface area contributed by atoms with Gasteiger partial charge in [0.2, 0.25) is 0 Å². The maximum atomic E-state index is 6.07. The van der Waals surface area contributed by atoms with Crippen LogP contribution >= 0.6 is 11.8 Å². The summed E-state index contributed by atoms with van der Waals surface area (Å²) in [4.78, 5) is 4.60. The number of hydrogen-bond acceptors (Lipinski definition) is 2. The molecule has 0 amide bonds. The van der Waals surface area contributed by atoms with Gasteiger partial charge >= 0.3 is 0 Å². The first kappa shape index (κ1) is 11.3. The summed E-state index contributed by atoms with van der Waals surface area (Å²) in [6, 6.07) is 0. The molecule has 15 heavy (non-hydrogen) atoms. The predicted octanol–water partition coefficient (Wildman–Crippen LogP) is 2.82. The van der Waals surface area contributed by atoms with Gasteiger partial charge in [-0.05, 0) is 31.4 Å². The van der Waals surface area contributed by atoms with Gasteiger partial charge in [0, 0.05) is 11.2 Å². The van der Waals surface area contributed by atoms with Crippen molar-refractivity contribution in [3.8, 4) is 0 Å². The Bertz CT molecular complexity index is 216. The van der Waals surface area contributed by atoms with E-state index in [1.165, 1.54) is 50.7 Å². The molecule has 0 aromatic carbocycles. The lowest BCUT2D eigenvalue weighted by Gasteiger charge is -2.21. The zero-order valence-corrected chi connectivity index (χ0v) is 10.3. The monoisotopic (exact) mass is 226 g/mol. The van der Waals surface area contributed by atoms with Gasteiger partial charge in [-0.25, -0.2) is 0 Å². The van der Waals surface area contributed by atoms with Gasteiger partial charge in [-0.3, -0.25) is 4.99 Å². The fraction of sp³-hybridized carbons (Fsp3) is 0.917. The summed E-state index contributed by atoms with van der Waals surface area (Å²) < 4.78 is 0. The number of hydrogen-bond donors (Lipinski definition) is 1. The number of rotatable bonds is 3. The zero-order chi connectivity index (χ0) is 10.5. The van der Waals surface area contributed by atoms with Crippen LogP contribution in [0.1, 0.15) is 44.9 Å². The molecule has 2 fully saturated rings. The van der Waals surface area contributed by atoms with Gasteiger partial charge < -0.3 is 5.73 Å². The predicted molar refractivity (Wildman–Crippen MR) is 68.5 cm³/mol. The molecule has 2 nitrogen and oxygen atoms in total. The van der Waals surface area contributed by atoms with Crippen molar-refractivity contribution in [1.82, 2.24) is 0 Å². The molecular formula is C12H22N2S. The third-order valence-electron chi connectivity index (χ3n) is 3.52. The Balaban J connectivity index is 1.77. The average molecular weight is 226 g/mol. The Morgan fingerprint density at radius 1 is 1.13 bits per heavy atom. The van der Waals surface area contributed by atoms with Crippen molar-refractivity contribution in [1.29, 1.82) is 0 Å². The van der Waals surface area contributed by atoms with Crippen LogP contribution in [-0.2, 0) is 0 Å². The van der Waals surface area contributed by atoms with Gasteiger partial charge in [-0.2, -0.15) is 11.8 Å². The maximum absolute atomic E-state index is 6.07. The van der Waals surface area contributed by atoms with Crippen LogP contribution in [0.4, 0.5) is 0 Å². The molecule has 3 heteroatoms. The van der Waals surface area contributed by atoms with E-state index in [0.717, 1.165) is 17.6 Å². The summed E-state index contributed by atoms with van der Waals surface area (Å²) >= 11 is 2.07. The van der Waals surface area contributed by atoms with E-state index in [0.29, 0.717) is 5.92 Å². The lowest BCUT2D eigenvalue weighted by Crippen LogP contribution is -2.26. The van der Waals surface area contributed by atoms with E-state index in [2.05, 4.69) is 16.8 Å². The highest BCUT2D eigenvalue weighted by Crippen LogP contribution is 2.27. The van der Waals surface area contributed by atoms with Crippen molar-refractivity contribution < 1.29 is 0 Å². The molecule has 2 rings (SSSR count). The van der Waals surface area contributed by atoms with E-state index in [1.807, 2.05) is 0 Å². The van der Waals surface area contributed by atoms with E-state index < -0.39 is 0 Å². The van der Waals surface area contributed by atoms with Crippen LogP contribution < -0.4 is 5.73 Å². The van der Waals surface area contributed by atoms with E-state index in [1.54, 1.807) is 0 Å². The Hall–Kier alpha value is -0.180. The third kappa shape index (κ3) is 3.40. The number of amidine groups is 1. The standard InChI is InChI=1S/C12H22N2S/c13-12(10-5-2-1-3-6-10)14-9-11-7-4-8-15-11/h10-11H,1-9H2,(H2,13,14). The molecule has 1 atom stereocenters. The molecule has 1 saturated heterocycles. The molecule has 1 heterocycles. The Morgan fingerprint density at radius 3 is 2.60 bits per heavy atom. The van der Waals surface area contributed by atoms with Crippen molar-refractivity contribution in [2.24, 2.45) is 16.6 Å². The lowest BCUT2D eigenvalue weighted by molar-refractivity contribution is 0.436. The van der Waals surface area contributed by atoms with Crippen LogP contribution in [-0.4, -0.2) is 23.4 Å². The first-order valence-corrected chi connectivity index (χ1v) is 7.32. The highest BCUT2D eigenvalue weighted by Gasteiger charge is 2.18. The first-order chi connectivity index (χ1) is 7.36. The Morgan fingerprint density at radius 2 is 1.93 bits per heavy atom. The molecule has 2 aliphatic rings.